The van der Waals surface area contributed by atoms with Crippen molar-refractivity contribution in [1.82, 2.24) is 4.98 Å². The highest BCUT2D eigenvalue weighted by molar-refractivity contribution is 8.13. The highest BCUT2D eigenvalue weighted by atomic mass is 35.7. The van der Waals surface area contributed by atoms with Crippen molar-refractivity contribution in [1.29, 1.82) is 0 Å². The molecule has 6 heteroatoms. The Kier molecular flexibility index (Phi) is 5.07. The van der Waals surface area contributed by atoms with Gasteiger partial charge in [0.05, 0.1) is 11.1 Å². The molecule has 0 unspecified atom stereocenters. The quantitative estimate of drug-likeness (QED) is 0.701. The van der Waals surface area contributed by atoms with Gasteiger partial charge in [0.2, 0.25) is 0 Å². The second-order valence-corrected chi connectivity index (χ2v) is 8.69. The summed E-state index contributed by atoms with van der Waals surface area (Å²) >= 11 is 0. The van der Waals surface area contributed by atoms with Gasteiger partial charge in [0.25, 0.3) is 9.05 Å². The number of aromatic nitrogens is 1. The molecule has 1 heterocycles. The molecule has 1 aromatic carbocycles. The van der Waals surface area contributed by atoms with Gasteiger partial charge >= 0.3 is 0 Å². The Morgan fingerprint density at radius 1 is 1.17 bits per heavy atom. The Morgan fingerprint density at radius 2 is 1.87 bits per heavy atom. The van der Waals surface area contributed by atoms with Crippen LogP contribution in [0.3, 0.4) is 0 Å². The second-order valence-electron chi connectivity index (χ2n) is 6.12. The molecule has 1 aromatic heterocycles. The van der Waals surface area contributed by atoms with Crippen molar-refractivity contribution in [3.8, 4) is 11.3 Å². The number of aryl methyl sites for hydroxylation is 1. The van der Waals surface area contributed by atoms with Crippen molar-refractivity contribution >= 4 is 19.7 Å². The Morgan fingerprint density at radius 3 is 2.52 bits per heavy atom. The van der Waals surface area contributed by atoms with E-state index < -0.39 is 9.05 Å². The van der Waals surface area contributed by atoms with Crippen LogP contribution in [0.4, 0.5) is 0 Å². The summed E-state index contributed by atoms with van der Waals surface area (Å²) in [6.07, 6.45) is 10.4. The van der Waals surface area contributed by atoms with Crippen LogP contribution in [-0.2, 0) is 15.5 Å². The molecule has 0 radical (unpaired) electrons. The SMILES string of the molecule is O=S(=O)(Cl)c1ccc(-c2cnc(CCCC3CCCC3)o2)cc1. The molecule has 1 aliphatic rings. The molecule has 0 atom stereocenters. The van der Waals surface area contributed by atoms with Crippen molar-refractivity contribution in [2.45, 2.75) is 49.8 Å². The molecule has 0 saturated heterocycles. The van der Waals surface area contributed by atoms with Gasteiger partial charge in [0, 0.05) is 22.7 Å². The van der Waals surface area contributed by atoms with Gasteiger partial charge in [-0.05, 0) is 43.0 Å². The average molecular weight is 354 g/mol. The van der Waals surface area contributed by atoms with E-state index in [1.54, 1.807) is 18.3 Å². The Labute approximate surface area is 141 Å². The van der Waals surface area contributed by atoms with Crippen LogP contribution in [0.1, 0.15) is 44.4 Å². The summed E-state index contributed by atoms with van der Waals surface area (Å²) in [7, 11) is 1.62. The maximum Gasteiger partial charge on any atom is 0.261 e. The first-order valence-electron chi connectivity index (χ1n) is 8.02. The summed E-state index contributed by atoms with van der Waals surface area (Å²) in [5.74, 6) is 2.28. The van der Waals surface area contributed by atoms with Crippen LogP contribution in [-0.4, -0.2) is 13.4 Å². The maximum absolute atomic E-state index is 11.2. The molecule has 1 aliphatic carbocycles. The predicted molar refractivity (Wildman–Crippen MR) is 89.9 cm³/mol. The molecular weight excluding hydrogens is 334 g/mol. The summed E-state index contributed by atoms with van der Waals surface area (Å²) in [6.45, 7) is 0. The topological polar surface area (TPSA) is 60.2 Å². The third-order valence-corrected chi connectivity index (χ3v) is 5.82. The third-order valence-electron chi connectivity index (χ3n) is 4.45. The summed E-state index contributed by atoms with van der Waals surface area (Å²) in [6, 6.07) is 6.30. The van der Waals surface area contributed by atoms with Gasteiger partial charge < -0.3 is 4.42 Å². The van der Waals surface area contributed by atoms with Crippen LogP contribution in [0.25, 0.3) is 11.3 Å². The minimum Gasteiger partial charge on any atom is -0.441 e. The van der Waals surface area contributed by atoms with Crippen molar-refractivity contribution < 1.29 is 12.8 Å². The van der Waals surface area contributed by atoms with E-state index in [0.29, 0.717) is 5.76 Å². The number of hydrogen-bond acceptors (Lipinski definition) is 4. The predicted octanol–water partition coefficient (Wildman–Crippen LogP) is 4.78. The molecule has 0 spiro atoms. The van der Waals surface area contributed by atoms with Gasteiger partial charge in [0.1, 0.15) is 0 Å². The molecule has 3 rings (SSSR count). The van der Waals surface area contributed by atoms with Gasteiger partial charge in [-0.3, -0.25) is 0 Å². The lowest BCUT2D eigenvalue weighted by atomic mass is 10.0. The first kappa shape index (κ1) is 16.5. The van der Waals surface area contributed by atoms with E-state index >= 15 is 0 Å². The summed E-state index contributed by atoms with van der Waals surface area (Å²) in [4.78, 5) is 4.40. The van der Waals surface area contributed by atoms with E-state index in [-0.39, 0.29) is 4.90 Å². The third kappa shape index (κ3) is 4.36. The van der Waals surface area contributed by atoms with Crippen LogP contribution in [0.2, 0.25) is 0 Å². The van der Waals surface area contributed by atoms with E-state index in [0.717, 1.165) is 30.2 Å². The summed E-state index contributed by atoms with van der Waals surface area (Å²) in [5.41, 5.74) is 0.795. The lowest BCUT2D eigenvalue weighted by molar-refractivity contribution is 0.447. The molecule has 23 heavy (non-hydrogen) atoms. The van der Waals surface area contributed by atoms with Gasteiger partial charge in [-0.15, -0.1) is 0 Å². The number of oxazole rings is 1. The van der Waals surface area contributed by atoms with E-state index in [1.807, 2.05) is 0 Å². The molecule has 2 aromatic rings. The minimum absolute atomic E-state index is 0.0826. The lowest BCUT2D eigenvalue weighted by Crippen LogP contribution is -1.94. The normalized spacial score (nSPS) is 16.0. The Balaban J connectivity index is 1.60. The highest BCUT2D eigenvalue weighted by Crippen LogP contribution is 2.29. The lowest BCUT2D eigenvalue weighted by Gasteiger charge is -2.06. The monoisotopic (exact) mass is 353 g/mol. The van der Waals surface area contributed by atoms with Gasteiger partial charge in [0.15, 0.2) is 11.7 Å². The van der Waals surface area contributed by atoms with Crippen LogP contribution < -0.4 is 0 Å². The molecule has 0 N–H and O–H groups in total. The summed E-state index contributed by atoms with van der Waals surface area (Å²) in [5, 5.41) is 0. The fraction of sp³-hybridized carbons (Fsp3) is 0.471. The van der Waals surface area contributed by atoms with Crippen molar-refractivity contribution in [2.24, 2.45) is 5.92 Å². The van der Waals surface area contributed by atoms with E-state index in [1.165, 1.54) is 44.2 Å². The van der Waals surface area contributed by atoms with Crippen molar-refractivity contribution in [3.05, 3.63) is 36.4 Å². The highest BCUT2D eigenvalue weighted by Gasteiger charge is 2.15. The number of halogens is 1. The number of nitrogens with zero attached hydrogens (tertiary/aromatic N) is 1. The Hall–Kier alpha value is -1.33. The largest absolute Gasteiger partial charge is 0.441 e. The summed E-state index contributed by atoms with van der Waals surface area (Å²) < 4.78 is 28.2. The first-order chi connectivity index (χ1) is 11.0. The van der Waals surface area contributed by atoms with Gasteiger partial charge in [-0.2, -0.15) is 0 Å². The molecule has 124 valence electrons. The van der Waals surface area contributed by atoms with Gasteiger partial charge in [-0.1, -0.05) is 25.7 Å². The van der Waals surface area contributed by atoms with Crippen LogP contribution in [0.5, 0.6) is 0 Å². The fourth-order valence-electron chi connectivity index (χ4n) is 3.18. The molecular formula is C17H20ClNO3S. The van der Waals surface area contributed by atoms with E-state index in [9.17, 15) is 8.42 Å². The van der Waals surface area contributed by atoms with E-state index in [4.69, 9.17) is 15.1 Å². The number of rotatable bonds is 6. The molecule has 0 bridgehead atoms. The fourth-order valence-corrected chi connectivity index (χ4v) is 3.95. The second kappa shape index (κ2) is 7.05. The zero-order valence-electron chi connectivity index (χ0n) is 12.9. The maximum atomic E-state index is 11.2. The number of benzene rings is 1. The molecule has 0 amide bonds. The molecule has 1 saturated carbocycles. The van der Waals surface area contributed by atoms with Crippen LogP contribution >= 0.6 is 10.7 Å². The van der Waals surface area contributed by atoms with Crippen LogP contribution in [0, 0.1) is 5.92 Å². The average Bonchev–Trinajstić information content (AvgIpc) is 3.18. The zero-order chi connectivity index (χ0) is 16.3. The molecule has 4 nitrogen and oxygen atoms in total. The standard InChI is InChI=1S/C17H20ClNO3S/c18-23(20,21)15-10-8-14(9-11-15)16-12-19-17(22-16)7-3-6-13-4-1-2-5-13/h8-13H,1-7H2. The van der Waals surface area contributed by atoms with Crippen molar-refractivity contribution in [3.63, 3.8) is 0 Å². The van der Waals surface area contributed by atoms with Crippen molar-refractivity contribution in [2.75, 3.05) is 0 Å². The van der Waals surface area contributed by atoms with E-state index in [2.05, 4.69) is 4.98 Å². The van der Waals surface area contributed by atoms with Gasteiger partial charge in [-0.25, -0.2) is 13.4 Å². The molecule has 0 aliphatic heterocycles. The van der Waals surface area contributed by atoms with Crippen LogP contribution in [0.15, 0.2) is 39.8 Å². The minimum atomic E-state index is -3.69. The first-order valence-corrected chi connectivity index (χ1v) is 10.3. The smallest absolute Gasteiger partial charge is 0.261 e. The number of hydrogen-bond donors (Lipinski definition) is 0. The molecule has 1 fully saturated rings. The zero-order valence-corrected chi connectivity index (χ0v) is 14.4. The Bertz CT molecular complexity index is 746.